The zero-order valence-corrected chi connectivity index (χ0v) is 14.7. The molecule has 0 spiro atoms. The molecule has 0 saturated carbocycles. The second kappa shape index (κ2) is 8.97. The minimum Gasteiger partial charge on any atom is -0.491 e. The third kappa shape index (κ3) is 4.93. The molecule has 1 aromatic carbocycles. The van der Waals surface area contributed by atoms with E-state index >= 15 is 0 Å². The highest BCUT2D eigenvalue weighted by molar-refractivity contribution is 5.79. The average molecular weight is 371 g/mol. The lowest BCUT2D eigenvalue weighted by Crippen LogP contribution is -2.13. The largest absolute Gasteiger partial charge is 0.491 e. The van der Waals surface area contributed by atoms with Crippen molar-refractivity contribution < 1.29 is 19.4 Å². The van der Waals surface area contributed by atoms with Gasteiger partial charge in [0.2, 0.25) is 0 Å². The van der Waals surface area contributed by atoms with Crippen LogP contribution >= 0.6 is 0 Å². The molecule has 0 amide bonds. The number of ether oxygens (including phenoxy) is 2. The van der Waals surface area contributed by atoms with Gasteiger partial charge in [0, 0.05) is 18.3 Å². The van der Waals surface area contributed by atoms with Crippen LogP contribution in [0.5, 0.6) is 5.75 Å². The third-order valence-corrected chi connectivity index (χ3v) is 3.69. The molecule has 27 heavy (non-hydrogen) atoms. The Hall–Kier alpha value is -3.17. The van der Waals surface area contributed by atoms with Gasteiger partial charge in [-0.05, 0) is 23.8 Å². The lowest BCUT2D eigenvalue weighted by molar-refractivity contribution is -0.134. The van der Waals surface area contributed by atoms with E-state index < -0.39 is 5.97 Å². The molecule has 0 bridgehead atoms. The Balaban J connectivity index is 1.77. The first kappa shape index (κ1) is 18.6. The molecule has 3 aromatic rings. The monoisotopic (exact) mass is 371 g/mol. The summed E-state index contributed by atoms with van der Waals surface area (Å²) in [5.74, 6) is 0.227. The van der Waals surface area contributed by atoms with E-state index in [-0.39, 0.29) is 6.54 Å². The first-order valence-corrected chi connectivity index (χ1v) is 8.48. The van der Waals surface area contributed by atoms with Gasteiger partial charge in [-0.2, -0.15) is 5.10 Å². The molecular formula is C18H21N5O4. The van der Waals surface area contributed by atoms with Crippen LogP contribution in [-0.2, 0) is 9.53 Å². The number of hydrogen-bond donors (Lipinski definition) is 3. The zero-order valence-electron chi connectivity index (χ0n) is 14.7. The molecule has 0 unspecified atom stereocenters. The Bertz CT molecular complexity index is 912. The molecule has 142 valence electrons. The summed E-state index contributed by atoms with van der Waals surface area (Å²) in [5.41, 5.74) is 7.71. The number of benzene rings is 1. The minimum absolute atomic E-state index is 0.206. The fraction of sp³-hybridized carbons (Fsp3) is 0.278. The lowest BCUT2D eigenvalue weighted by atomic mass is 10.1. The van der Waals surface area contributed by atoms with Gasteiger partial charge in [-0.1, -0.05) is 12.1 Å². The van der Waals surface area contributed by atoms with Gasteiger partial charge in [-0.15, -0.1) is 0 Å². The van der Waals surface area contributed by atoms with E-state index in [1.807, 2.05) is 24.3 Å². The van der Waals surface area contributed by atoms with Gasteiger partial charge in [-0.3, -0.25) is 4.79 Å². The summed E-state index contributed by atoms with van der Waals surface area (Å²) in [6, 6.07) is 9.27. The van der Waals surface area contributed by atoms with Crippen molar-refractivity contribution in [3.8, 4) is 16.9 Å². The van der Waals surface area contributed by atoms with Crippen molar-refractivity contribution in [2.75, 3.05) is 38.2 Å². The van der Waals surface area contributed by atoms with Crippen molar-refractivity contribution >= 4 is 17.4 Å². The molecule has 2 aromatic heterocycles. The molecule has 9 heteroatoms. The van der Waals surface area contributed by atoms with Gasteiger partial charge in [0.1, 0.15) is 24.7 Å². The normalized spacial score (nSPS) is 10.9. The van der Waals surface area contributed by atoms with Crippen molar-refractivity contribution in [1.29, 1.82) is 0 Å². The summed E-state index contributed by atoms with van der Waals surface area (Å²) in [7, 11) is 0. The smallest absolute Gasteiger partial charge is 0.322 e. The molecule has 2 heterocycles. The van der Waals surface area contributed by atoms with Crippen molar-refractivity contribution in [3.05, 3.63) is 42.7 Å². The van der Waals surface area contributed by atoms with E-state index in [9.17, 15) is 4.79 Å². The predicted molar refractivity (Wildman–Crippen MR) is 99.9 cm³/mol. The van der Waals surface area contributed by atoms with Gasteiger partial charge >= 0.3 is 5.97 Å². The van der Waals surface area contributed by atoms with E-state index in [2.05, 4.69) is 15.4 Å². The Labute approximate surface area is 155 Å². The first-order valence-electron chi connectivity index (χ1n) is 8.48. The van der Waals surface area contributed by atoms with E-state index in [0.717, 1.165) is 11.1 Å². The van der Waals surface area contributed by atoms with E-state index in [1.54, 1.807) is 23.0 Å². The molecule has 0 radical (unpaired) electrons. The van der Waals surface area contributed by atoms with Crippen LogP contribution in [0, 0.1) is 0 Å². The number of carboxylic acid groups (broad SMARTS) is 1. The Morgan fingerprint density at radius 3 is 2.96 bits per heavy atom. The maximum atomic E-state index is 10.7. The number of rotatable bonds is 10. The maximum Gasteiger partial charge on any atom is 0.322 e. The van der Waals surface area contributed by atoms with Crippen LogP contribution in [0.4, 0.5) is 5.82 Å². The Morgan fingerprint density at radius 2 is 2.15 bits per heavy atom. The van der Waals surface area contributed by atoms with Crippen LogP contribution in [0.2, 0.25) is 0 Å². The fourth-order valence-electron chi connectivity index (χ4n) is 2.49. The maximum absolute atomic E-state index is 10.7. The molecule has 0 saturated heterocycles. The van der Waals surface area contributed by atoms with Crippen molar-refractivity contribution in [3.63, 3.8) is 0 Å². The second-order valence-corrected chi connectivity index (χ2v) is 5.66. The average Bonchev–Trinajstić information content (AvgIpc) is 3.10. The highest BCUT2D eigenvalue weighted by atomic mass is 16.5. The number of carbonyl (C=O) groups is 1. The lowest BCUT2D eigenvalue weighted by Gasteiger charge is -2.08. The molecule has 0 aliphatic rings. The van der Waals surface area contributed by atoms with E-state index in [1.165, 1.54) is 0 Å². The summed E-state index contributed by atoms with van der Waals surface area (Å²) in [6.45, 7) is 1.69. The van der Waals surface area contributed by atoms with Crippen LogP contribution in [0.25, 0.3) is 16.8 Å². The zero-order chi connectivity index (χ0) is 19.1. The summed E-state index contributed by atoms with van der Waals surface area (Å²) < 4.78 is 12.6. The first-order chi connectivity index (χ1) is 13.2. The summed E-state index contributed by atoms with van der Waals surface area (Å²) >= 11 is 0. The quantitative estimate of drug-likeness (QED) is 0.455. The van der Waals surface area contributed by atoms with Gasteiger partial charge in [-0.25, -0.2) is 9.50 Å². The van der Waals surface area contributed by atoms with Crippen LogP contribution in [-0.4, -0.2) is 58.6 Å². The summed E-state index contributed by atoms with van der Waals surface area (Å²) in [4.78, 5) is 15.2. The van der Waals surface area contributed by atoms with Crippen LogP contribution < -0.4 is 15.8 Å². The molecule has 0 aliphatic carbocycles. The van der Waals surface area contributed by atoms with Gasteiger partial charge in [0.25, 0.3) is 0 Å². The number of fused-ring (bicyclic) bond motifs is 1. The third-order valence-electron chi connectivity index (χ3n) is 3.69. The Morgan fingerprint density at radius 1 is 1.26 bits per heavy atom. The van der Waals surface area contributed by atoms with Crippen molar-refractivity contribution in [2.24, 2.45) is 5.73 Å². The molecule has 9 nitrogen and oxygen atoms in total. The topological polar surface area (TPSA) is 124 Å². The number of aromatic nitrogens is 3. The molecule has 0 atom stereocenters. The molecule has 3 rings (SSSR count). The van der Waals surface area contributed by atoms with Gasteiger partial charge < -0.3 is 25.6 Å². The summed E-state index contributed by atoms with van der Waals surface area (Å²) in [5, 5.41) is 15.8. The predicted octanol–water partition coefficient (Wildman–Crippen LogP) is 1.25. The van der Waals surface area contributed by atoms with E-state index in [0.29, 0.717) is 43.6 Å². The standard InChI is InChI=1S/C18H21N5O4/c19-5-7-26-8-9-27-14-3-1-2-13(10-14)15-11-21-23-6-4-16(22-18(15)23)20-12-17(24)25/h1-4,6,10-11H,5,7-9,12,19H2,(H,20,22)(H,24,25). The number of nitrogens with zero attached hydrogens (tertiary/aromatic N) is 3. The SMILES string of the molecule is NCCOCCOc1cccc(-c2cnn3ccc(NCC(=O)O)nc23)c1. The number of nitrogens with one attached hydrogen (secondary N) is 1. The van der Waals surface area contributed by atoms with Crippen LogP contribution in [0.3, 0.4) is 0 Å². The molecule has 4 N–H and O–H groups in total. The number of anilines is 1. The van der Waals surface area contributed by atoms with Gasteiger partial charge in [0.05, 0.1) is 19.4 Å². The number of carboxylic acids is 1. The number of nitrogens with two attached hydrogens (primary N) is 1. The van der Waals surface area contributed by atoms with Crippen LogP contribution in [0.15, 0.2) is 42.7 Å². The molecule has 0 fully saturated rings. The molecular weight excluding hydrogens is 350 g/mol. The van der Waals surface area contributed by atoms with Gasteiger partial charge in [0.15, 0.2) is 5.65 Å². The number of aliphatic carboxylic acids is 1. The highest BCUT2D eigenvalue weighted by Gasteiger charge is 2.10. The fourth-order valence-corrected chi connectivity index (χ4v) is 2.49. The highest BCUT2D eigenvalue weighted by Crippen LogP contribution is 2.27. The van der Waals surface area contributed by atoms with E-state index in [4.69, 9.17) is 20.3 Å². The number of hydrogen-bond acceptors (Lipinski definition) is 7. The van der Waals surface area contributed by atoms with Crippen LogP contribution in [0.1, 0.15) is 0 Å². The second-order valence-electron chi connectivity index (χ2n) is 5.66. The van der Waals surface area contributed by atoms with Crippen molar-refractivity contribution in [2.45, 2.75) is 0 Å². The summed E-state index contributed by atoms with van der Waals surface area (Å²) in [6.07, 6.45) is 3.44. The Kier molecular flexibility index (Phi) is 6.18. The molecule has 0 aliphatic heterocycles. The van der Waals surface area contributed by atoms with Crippen molar-refractivity contribution in [1.82, 2.24) is 14.6 Å². The minimum atomic E-state index is -0.953.